The minimum atomic E-state index is 0.953. The fourth-order valence-corrected chi connectivity index (χ4v) is 1.16. The first-order valence-corrected chi connectivity index (χ1v) is 4.20. The van der Waals surface area contributed by atoms with Crippen molar-refractivity contribution in [3.8, 4) is 0 Å². The third kappa shape index (κ3) is 2.89. The van der Waals surface area contributed by atoms with Crippen LogP contribution in [0.2, 0.25) is 0 Å². The second-order valence-corrected chi connectivity index (χ2v) is 2.93. The molecule has 0 spiro atoms. The molecule has 1 aromatic rings. The molecule has 0 heterocycles. The van der Waals surface area contributed by atoms with Gasteiger partial charge in [-0.1, -0.05) is 42.0 Å². The quantitative estimate of drug-likeness (QED) is 0.717. The van der Waals surface area contributed by atoms with Crippen molar-refractivity contribution >= 4 is 6.08 Å². The van der Waals surface area contributed by atoms with Gasteiger partial charge in [0.1, 0.15) is 0 Å². The fraction of sp³-hybridized carbons (Fsp3) is 0.273. The minimum absolute atomic E-state index is 0.953. The van der Waals surface area contributed by atoms with Gasteiger partial charge in [-0.05, 0) is 19.5 Å². The van der Waals surface area contributed by atoms with Crippen LogP contribution in [0.25, 0.3) is 6.08 Å². The number of hydrogen-bond donors (Lipinski definition) is 1. The van der Waals surface area contributed by atoms with E-state index in [2.05, 4.69) is 42.6 Å². The van der Waals surface area contributed by atoms with Crippen molar-refractivity contribution in [2.24, 2.45) is 0 Å². The van der Waals surface area contributed by atoms with Crippen LogP contribution in [0.4, 0.5) is 0 Å². The van der Waals surface area contributed by atoms with Gasteiger partial charge >= 0.3 is 0 Å². The monoisotopic (exact) mass is 161 g/mol. The van der Waals surface area contributed by atoms with Crippen LogP contribution in [-0.4, -0.2) is 13.6 Å². The van der Waals surface area contributed by atoms with Crippen LogP contribution in [0, 0.1) is 0 Å². The first-order valence-electron chi connectivity index (χ1n) is 4.20. The molecular weight excluding hydrogens is 146 g/mol. The largest absolute Gasteiger partial charge is 0.316 e. The van der Waals surface area contributed by atoms with Gasteiger partial charge in [-0.25, -0.2) is 0 Å². The number of rotatable bonds is 3. The molecule has 0 bridgehead atoms. The molecule has 0 saturated carbocycles. The molecule has 1 N–H and O–H groups in total. The molecule has 1 rings (SSSR count). The summed E-state index contributed by atoms with van der Waals surface area (Å²) in [5.74, 6) is 0. The molecule has 12 heavy (non-hydrogen) atoms. The first kappa shape index (κ1) is 9.01. The molecule has 0 fully saturated rings. The van der Waals surface area contributed by atoms with E-state index in [-0.39, 0.29) is 0 Å². The van der Waals surface area contributed by atoms with E-state index in [1.54, 1.807) is 0 Å². The molecular formula is C11H15N. The van der Waals surface area contributed by atoms with E-state index in [9.17, 15) is 0 Å². The number of benzene rings is 1. The predicted molar refractivity (Wildman–Crippen MR) is 54.0 cm³/mol. The Bertz CT molecular complexity index is 249. The number of nitrogens with one attached hydrogen (secondary N) is 1. The van der Waals surface area contributed by atoms with Crippen LogP contribution in [0.5, 0.6) is 0 Å². The Labute approximate surface area is 74.1 Å². The Kier molecular flexibility index (Phi) is 3.55. The van der Waals surface area contributed by atoms with Gasteiger partial charge in [0.2, 0.25) is 0 Å². The summed E-state index contributed by atoms with van der Waals surface area (Å²) in [5, 5.41) is 3.12. The summed E-state index contributed by atoms with van der Waals surface area (Å²) < 4.78 is 0. The lowest BCUT2D eigenvalue weighted by molar-refractivity contribution is 0.884. The molecule has 0 unspecified atom stereocenters. The Morgan fingerprint density at radius 2 is 2.00 bits per heavy atom. The maximum Gasteiger partial charge on any atom is 0.0162 e. The molecule has 0 aliphatic carbocycles. The van der Waals surface area contributed by atoms with E-state index in [0.717, 1.165) is 6.54 Å². The highest BCUT2D eigenvalue weighted by atomic mass is 14.8. The zero-order chi connectivity index (χ0) is 8.81. The highest BCUT2D eigenvalue weighted by Gasteiger charge is 1.87. The van der Waals surface area contributed by atoms with E-state index in [4.69, 9.17) is 0 Å². The SMILES string of the molecule is CNCC(C)=Cc1ccccc1. The zero-order valence-corrected chi connectivity index (χ0v) is 7.67. The summed E-state index contributed by atoms with van der Waals surface area (Å²) in [6.45, 7) is 3.08. The van der Waals surface area contributed by atoms with Crippen LogP contribution < -0.4 is 5.32 Å². The second kappa shape index (κ2) is 4.73. The lowest BCUT2D eigenvalue weighted by Crippen LogP contribution is -2.08. The maximum atomic E-state index is 3.12. The summed E-state index contributed by atoms with van der Waals surface area (Å²) in [4.78, 5) is 0. The first-order chi connectivity index (χ1) is 5.83. The third-order valence-corrected chi connectivity index (χ3v) is 1.67. The molecule has 1 nitrogen and oxygen atoms in total. The van der Waals surface area contributed by atoms with Gasteiger partial charge < -0.3 is 5.32 Å². The van der Waals surface area contributed by atoms with Crippen molar-refractivity contribution in [3.63, 3.8) is 0 Å². The van der Waals surface area contributed by atoms with Crippen LogP contribution in [0.3, 0.4) is 0 Å². The molecule has 1 heteroatoms. The van der Waals surface area contributed by atoms with Crippen molar-refractivity contribution in [1.29, 1.82) is 0 Å². The predicted octanol–water partition coefficient (Wildman–Crippen LogP) is 2.31. The van der Waals surface area contributed by atoms with Crippen molar-refractivity contribution in [3.05, 3.63) is 41.5 Å². The Balaban J connectivity index is 2.67. The van der Waals surface area contributed by atoms with Gasteiger partial charge in [-0.3, -0.25) is 0 Å². The molecule has 0 radical (unpaired) electrons. The third-order valence-electron chi connectivity index (χ3n) is 1.67. The molecule has 0 aliphatic heterocycles. The lowest BCUT2D eigenvalue weighted by atomic mass is 10.1. The topological polar surface area (TPSA) is 12.0 Å². The Hall–Kier alpha value is -1.08. The van der Waals surface area contributed by atoms with Crippen molar-refractivity contribution in [2.75, 3.05) is 13.6 Å². The highest BCUT2D eigenvalue weighted by molar-refractivity contribution is 5.52. The summed E-state index contributed by atoms with van der Waals surface area (Å²) in [5.41, 5.74) is 2.62. The number of likely N-dealkylation sites (N-methyl/N-ethyl adjacent to an activating group) is 1. The van der Waals surface area contributed by atoms with Crippen LogP contribution in [-0.2, 0) is 0 Å². The Morgan fingerprint density at radius 1 is 1.33 bits per heavy atom. The smallest absolute Gasteiger partial charge is 0.0162 e. The van der Waals surface area contributed by atoms with Crippen LogP contribution in [0.1, 0.15) is 12.5 Å². The average molecular weight is 161 g/mol. The van der Waals surface area contributed by atoms with Crippen molar-refractivity contribution in [1.82, 2.24) is 5.32 Å². The maximum absolute atomic E-state index is 3.12. The average Bonchev–Trinajstić information content (AvgIpc) is 2.06. The van der Waals surface area contributed by atoms with Crippen LogP contribution >= 0.6 is 0 Å². The molecule has 0 aromatic heterocycles. The molecule has 1 aromatic carbocycles. The molecule has 0 saturated heterocycles. The van der Waals surface area contributed by atoms with Gasteiger partial charge in [-0.2, -0.15) is 0 Å². The van der Waals surface area contributed by atoms with E-state index < -0.39 is 0 Å². The van der Waals surface area contributed by atoms with Gasteiger partial charge in [0.25, 0.3) is 0 Å². The van der Waals surface area contributed by atoms with E-state index in [1.807, 2.05) is 13.1 Å². The van der Waals surface area contributed by atoms with Gasteiger partial charge in [0.05, 0.1) is 0 Å². The summed E-state index contributed by atoms with van der Waals surface area (Å²) in [7, 11) is 1.96. The minimum Gasteiger partial charge on any atom is -0.316 e. The summed E-state index contributed by atoms with van der Waals surface area (Å²) >= 11 is 0. The lowest BCUT2D eigenvalue weighted by Gasteiger charge is -1.98. The van der Waals surface area contributed by atoms with E-state index in [1.165, 1.54) is 11.1 Å². The number of hydrogen-bond acceptors (Lipinski definition) is 1. The molecule has 0 aliphatic rings. The zero-order valence-electron chi connectivity index (χ0n) is 7.67. The molecule has 0 amide bonds. The fourth-order valence-electron chi connectivity index (χ4n) is 1.16. The summed E-state index contributed by atoms with van der Waals surface area (Å²) in [6, 6.07) is 10.4. The highest BCUT2D eigenvalue weighted by Crippen LogP contribution is 2.04. The van der Waals surface area contributed by atoms with Gasteiger partial charge in [0.15, 0.2) is 0 Å². The Morgan fingerprint density at radius 3 is 2.58 bits per heavy atom. The van der Waals surface area contributed by atoms with E-state index in [0.29, 0.717) is 0 Å². The van der Waals surface area contributed by atoms with E-state index >= 15 is 0 Å². The molecule has 0 atom stereocenters. The normalized spacial score (nSPS) is 11.7. The van der Waals surface area contributed by atoms with Crippen LogP contribution in [0.15, 0.2) is 35.9 Å². The van der Waals surface area contributed by atoms with Gasteiger partial charge in [0, 0.05) is 6.54 Å². The van der Waals surface area contributed by atoms with Crippen molar-refractivity contribution in [2.45, 2.75) is 6.92 Å². The summed E-state index contributed by atoms with van der Waals surface area (Å²) in [6.07, 6.45) is 2.19. The van der Waals surface area contributed by atoms with Crippen molar-refractivity contribution < 1.29 is 0 Å². The van der Waals surface area contributed by atoms with Gasteiger partial charge in [-0.15, -0.1) is 0 Å². The molecule has 64 valence electrons. The second-order valence-electron chi connectivity index (χ2n) is 2.93. The standard InChI is InChI=1S/C11H15N/c1-10(9-12-2)8-11-6-4-3-5-7-11/h3-8,12H,9H2,1-2H3.